The molecular formula is C11H13Cl2N. The summed E-state index contributed by atoms with van der Waals surface area (Å²) >= 11 is 12.1. The van der Waals surface area contributed by atoms with Gasteiger partial charge in [0, 0.05) is 21.7 Å². The van der Waals surface area contributed by atoms with E-state index in [4.69, 9.17) is 28.9 Å². The average Bonchev–Trinajstić information content (AvgIpc) is 2.87. The van der Waals surface area contributed by atoms with Crippen molar-refractivity contribution >= 4 is 23.2 Å². The highest BCUT2D eigenvalue weighted by molar-refractivity contribution is 6.36. The molecule has 1 aliphatic rings. The van der Waals surface area contributed by atoms with Crippen molar-refractivity contribution in [3.63, 3.8) is 0 Å². The van der Waals surface area contributed by atoms with Crippen molar-refractivity contribution in [2.45, 2.75) is 25.3 Å². The van der Waals surface area contributed by atoms with Gasteiger partial charge in [-0.1, -0.05) is 42.1 Å². The molecule has 0 spiro atoms. The lowest BCUT2D eigenvalue weighted by Gasteiger charge is -2.14. The second-order valence-electron chi connectivity index (χ2n) is 3.92. The van der Waals surface area contributed by atoms with Gasteiger partial charge < -0.3 is 5.73 Å². The molecule has 1 aromatic rings. The zero-order valence-electron chi connectivity index (χ0n) is 7.84. The van der Waals surface area contributed by atoms with Crippen LogP contribution in [-0.4, -0.2) is 0 Å². The Balaban J connectivity index is 2.19. The van der Waals surface area contributed by atoms with Crippen molar-refractivity contribution in [1.82, 2.24) is 0 Å². The molecule has 1 atom stereocenters. The molecule has 0 radical (unpaired) electrons. The minimum absolute atomic E-state index is 0.0105. The van der Waals surface area contributed by atoms with Crippen molar-refractivity contribution < 1.29 is 0 Å². The van der Waals surface area contributed by atoms with E-state index in [2.05, 4.69) is 0 Å². The number of hydrogen-bond donors (Lipinski definition) is 1. The van der Waals surface area contributed by atoms with Gasteiger partial charge >= 0.3 is 0 Å². The van der Waals surface area contributed by atoms with Gasteiger partial charge in [0.1, 0.15) is 0 Å². The molecule has 1 aromatic carbocycles. The summed E-state index contributed by atoms with van der Waals surface area (Å²) in [5, 5.41) is 1.37. The number of halogens is 2. The monoisotopic (exact) mass is 229 g/mol. The van der Waals surface area contributed by atoms with Gasteiger partial charge in [0.25, 0.3) is 0 Å². The Labute approximate surface area is 94.2 Å². The molecule has 1 nitrogen and oxygen atoms in total. The fourth-order valence-corrected chi connectivity index (χ4v) is 2.37. The van der Waals surface area contributed by atoms with Gasteiger partial charge in [-0.05, 0) is 24.5 Å². The molecule has 1 saturated carbocycles. The predicted octanol–water partition coefficient (Wildman–Crippen LogP) is 3.79. The van der Waals surface area contributed by atoms with Crippen LogP contribution < -0.4 is 5.73 Å². The lowest BCUT2D eigenvalue weighted by Crippen LogP contribution is -2.12. The summed E-state index contributed by atoms with van der Waals surface area (Å²) in [7, 11) is 0. The van der Waals surface area contributed by atoms with Crippen molar-refractivity contribution in [2.75, 3.05) is 0 Å². The summed E-state index contributed by atoms with van der Waals surface area (Å²) in [6.45, 7) is 0. The van der Waals surface area contributed by atoms with Crippen molar-refractivity contribution in [3.05, 3.63) is 33.8 Å². The predicted molar refractivity (Wildman–Crippen MR) is 60.7 cm³/mol. The molecule has 2 rings (SSSR count). The highest BCUT2D eigenvalue weighted by Gasteiger charge is 2.26. The van der Waals surface area contributed by atoms with Gasteiger partial charge in [0.05, 0.1) is 0 Å². The minimum Gasteiger partial charge on any atom is -0.324 e. The summed E-state index contributed by atoms with van der Waals surface area (Å²) in [6, 6.07) is 5.52. The Kier molecular flexibility index (Phi) is 3.01. The van der Waals surface area contributed by atoms with E-state index < -0.39 is 0 Å². The van der Waals surface area contributed by atoms with Crippen LogP contribution in [0, 0.1) is 5.92 Å². The number of benzene rings is 1. The van der Waals surface area contributed by atoms with Crippen LogP contribution in [0.5, 0.6) is 0 Å². The van der Waals surface area contributed by atoms with E-state index in [0.717, 1.165) is 17.9 Å². The van der Waals surface area contributed by atoms with Crippen LogP contribution >= 0.6 is 23.2 Å². The first-order valence-corrected chi connectivity index (χ1v) is 5.63. The second kappa shape index (κ2) is 4.09. The Morgan fingerprint density at radius 2 is 1.86 bits per heavy atom. The third-order valence-electron chi connectivity index (χ3n) is 2.65. The second-order valence-corrected chi connectivity index (χ2v) is 4.74. The zero-order chi connectivity index (χ0) is 10.1. The third kappa shape index (κ3) is 2.22. The van der Waals surface area contributed by atoms with Gasteiger partial charge in [-0.25, -0.2) is 0 Å². The lowest BCUT2D eigenvalue weighted by molar-refractivity contribution is 0.597. The molecule has 76 valence electrons. The molecule has 2 N–H and O–H groups in total. The van der Waals surface area contributed by atoms with Gasteiger partial charge in [0.15, 0.2) is 0 Å². The Morgan fingerprint density at radius 3 is 2.36 bits per heavy atom. The largest absolute Gasteiger partial charge is 0.324 e. The van der Waals surface area contributed by atoms with E-state index in [1.165, 1.54) is 12.8 Å². The molecule has 0 bridgehead atoms. The molecule has 1 aliphatic carbocycles. The Morgan fingerprint density at radius 1 is 1.29 bits per heavy atom. The summed E-state index contributed by atoms with van der Waals surface area (Å²) < 4.78 is 0. The minimum atomic E-state index is -0.0105. The first-order valence-electron chi connectivity index (χ1n) is 4.88. The molecule has 0 heterocycles. The fourth-order valence-electron chi connectivity index (χ4n) is 1.70. The standard InChI is InChI=1S/C11H13Cl2N/c12-8-2-1-3-9(13)11(8)10(14)6-7-4-5-7/h1-3,7,10H,4-6,14H2. The molecule has 14 heavy (non-hydrogen) atoms. The van der Waals surface area contributed by atoms with Crippen LogP contribution in [0.25, 0.3) is 0 Å². The maximum Gasteiger partial charge on any atom is 0.0468 e. The topological polar surface area (TPSA) is 26.0 Å². The van der Waals surface area contributed by atoms with E-state index in [1.807, 2.05) is 18.2 Å². The molecule has 1 unspecified atom stereocenters. The quantitative estimate of drug-likeness (QED) is 0.839. The van der Waals surface area contributed by atoms with E-state index in [9.17, 15) is 0 Å². The third-order valence-corrected chi connectivity index (χ3v) is 3.31. The molecule has 3 heteroatoms. The van der Waals surface area contributed by atoms with E-state index in [0.29, 0.717) is 10.0 Å². The molecule has 1 fully saturated rings. The van der Waals surface area contributed by atoms with E-state index in [1.54, 1.807) is 0 Å². The van der Waals surface area contributed by atoms with Crippen LogP contribution in [0.1, 0.15) is 30.9 Å². The van der Waals surface area contributed by atoms with E-state index in [-0.39, 0.29) is 6.04 Å². The van der Waals surface area contributed by atoms with Crippen LogP contribution in [0.2, 0.25) is 10.0 Å². The maximum absolute atomic E-state index is 6.07. The normalized spacial score (nSPS) is 18.2. The van der Waals surface area contributed by atoms with Crippen LogP contribution in [0.3, 0.4) is 0 Å². The van der Waals surface area contributed by atoms with Crippen molar-refractivity contribution in [2.24, 2.45) is 11.7 Å². The number of hydrogen-bond acceptors (Lipinski definition) is 1. The van der Waals surface area contributed by atoms with Gasteiger partial charge in [-0.15, -0.1) is 0 Å². The Bertz CT molecular complexity index is 314. The first kappa shape index (κ1) is 10.3. The van der Waals surface area contributed by atoms with Crippen LogP contribution in [-0.2, 0) is 0 Å². The van der Waals surface area contributed by atoms with Gasteiger partial charge in [0.2, 0.25) is 0 Å². The average molecular weight is 230 g/mol. The molecular weight excluding hydrogens is 217 g/mol. The first-order chi connectivity index (χ1) is 6.68. The number of nitrogens with two attached hydrogens (primary N) is 1. The highest BCUT2D eigenvalue weighted by atomic mass is 35.5. The molecule has 0 amide bonds. The summed E-state index contributed by atoms with van der Waals surface area (Å²) in [4.78, 5) is 0. The lowest BCUT2D eigenvalue weighted by atomic mass is 10.0. The summed E-state index contributed by atoms with van der Waals surface area (Å²) in [5.74, 6) is 0.789. The summed E-state index contributed by atoms with van der Waals surface area (Å²) in [6.07, 6.45) is 3.61. The zero-order valence-corrected chi connectivity index (χ0v) is 9.35. The van der Waals surface area contributed by atoms with E-state index >= 15 is 0 Å². The van der Waals surface area contributed by atoms with Gasteiger partial charge in [-0.3, -0.25) is 0 Å². The summed E-state index contributed by atoms with van der Waals surface area (Å²) in [5.41, 5.74) is 6.97. The fraction of sp³-hybridized carbons (Fsp3) is 0.455. The molecule has 0 saturated heterocycles. The Hall–Kier alpha value is -0.240. The molecule has 0 aliphatic heterocycles. The van der Waals surface area contributed by atoms with Crippen molar-refractivity contribution in [1.29, 1.82) is 0 Å². The van der Waals surface area contributed by atoms with Gasteiger partial charge in [-0.2, -0.15) is 0 Å². The smallest absolute Gasteiger partial charge is 0.0468 e. The van der Waals surface area contributed by atoms with Crippen LogP contribution in [0.4, 0.5) is 0 Å². The maximum atomic E-state index is 6.07. The van der Waals surface area contributed by atoms with Crippen LogP contribution in [0.15, 0.2) is 18.2 Å². The molecule has 0 aromatic heterocycles. The number of rotatable bonds is 3. The van der Waals surface area contributed by atoms with Crippen molar-refractivity contribution in [3.8, 4) is 0 Å². The highest BCUT2D eigenvalue weighted by Crippen LogP contribution is 2.39. The SMILES string of the molecule is NC(CC1CC1)c1c(Cl)cccc1Cl.